The van der Waals surface area contributed by atoms with Gasteiger partial charge in [0.25, 0.3) is 0 Å². The van der Waals surface area contributed by atoms with Gasteiger partial charge >= 0.3 is 0 Å². The fourth-order valence-corrected chi connectivity index (χ4v) is 2.04. The van der Waals surface area contributed by atoms with E-state index < -0.39 is 0 Å². The molecular weight excluding hydrogens is 239 g/mol. The summed E-state index contributed by atoms with van der Waals surface area (Å²) in [6.07, 6.45) is 3.33. The van der Waals surface area contributed by atoms with Gasteiger partial charge in [-0.15, -0.1) is 0 Å². The van der Waals surface area contributed by atoms with E-state index in [0.29, 0.717) is 23.7 Å². The smallest absolute Gasteiger partial charge is 0.129 e. The van der Waals surface area contributed by atoms with Gasteiger partial charge in [-0.1, -0.05) is 26.3 Å². The van der Waals surface area contributed by atoms with Gasteiger partial charge in [0.05, 0.1) is 11.6 Å². The molecule has 1 unspecified atom stereocenters. The van der Waals surface area contributed by atoms with E-state index in [9.17, 15) is 4.39 Å². The van der Waals surface area contributed by atoms with Crippen LogP contribution in [0.4, 0.5) is 4.39 Å². The first-order valence-electron chi connectivity index (χ1n) is 7.04. The summed E-state index contributed by atoms with van der Waals surface area (Å²) in [6.45, 7) is 8.10. The van der Waals surface area contributed by atoms with Crippen LogP contribution in [-0.2, 0) is 6.54 Å². The molecule has 1 aromatic rings. The zero-order valence-corrected chi connectivity index (χ0v) is 12.1. The summed E-state index contributed by atoms with van der Waals surface area (Å²) in [5, 5.41) is 8.75. The number of hydrogen-bond acceptors (Lipinski definition) is 2. The van der Waals surface area contributed by atoms with Gasteiger partial charge in [-0.3, -0.25) is 4.90 Å². The van der Waals surface area contributed by atoms with Crippen molar-refractivity contribution in [3.63, 3.8) is 0 Å². The van der Waals surface area contributed by atoms with Crippen molar-refractivity contribution in [2.75, 3.05) is 6.54 Å². The molecule has 0 saturated carbocycles. The van der Waals surface area contributed by atoms with Crippen molar-refractivity contribution in [3.05, 3.63) is 35.1 Å². The standard InChI is InChI=1S/C16H23FN2/c1-4-6-9-19(13(3)5-2)12-15-8-7-14(11-18)10-16(15)17/h7-8,10,13H,4-6,9,12H2,1-3H3. The third kappa shape index (κ3) is 4.65. The van der Waals surface area contributed by atoms with E-state index in [1.807, 2.05) is 6.07 Å². The fourth-order valence-electron chi connectivity index (χ4n) is 2.04. The van der Waals surface area contributed by atoms with Crippen molar-refractivity contribution in [2.45, 2.75) is 52.6 Å². The average Bonchev–Trinajstić information content (AvgIpc) is 2.43. The van der Waals surface area contributed by atoms with Crippen LogP contribution in [0.5, 0.6) is 0 Å². The zero-order valence-electron chi connectivity index (χ0n) is 12.1. The summed E-state index contributed by atoms with van der Waals surface area (Å²) in [5.41, 5.74) is 1.06. The monoisotopic (exact) mass is 262 g/mol. The van der Waals surface area contributed by atoms with E-state index in [0.717, 1.165) is 25.8 Å². The van der Waals surface area contributed by atoms with E-state index in [-0.39, 0.29) is 5.82 Å². The molecule has 0 aromatic heterocycles. The molecule has 0 radical (unpaired) electrons. The number of halogens is 1. The van der Waals surface area contributed by atoms with Gasteiger partial charge in [-0.25, -0.2) is 4.39 Å². The molecular formula is C16H23FN2. The van der Waals surface area contributed by atoms with E-state index in [4.69, 9.17) is 5.26 Å². The van der Waals surface area contributed by atoms with Crippen molar-refractivity contribution < 1.29 is 4.39 Å². The summed E-state index contributed by atoms with van der Waals surface area (Å²) in [6, 6.07) is 7.15. The van der Waals surface area contributed by atoms with E-state index in [1.165, 1.54) is 6.07 Å². The van der Waals surface area contributed by atoms with Crippen LogP contribution in [0.1, 0.15) is 51.2 Å². The van der Waals surface area contributed by atoms with Crippen LogP contribution in [0, 0.1) is 17.1 Å². The van der Waals surface area contributed by atoms with Crippen LogP contribution in [0.2, 0.25) is 0 Å². The first-order valence-corrected chi connectivity index (χ1v) is 7.04. The summed E-state index contributed by atoms with van der Waals surface area (Å²) in [4.78, 5) is 2.31. The minimum absolute atomic E-state index is 0.274. The van der Waals surface area contributed by atoms with Gasteiger partial charge in [0, 0.05) is 18.2 Å². The second-order valence-electron chi connectivity index (χ2n) is 5.00. The number of rotatable bonds is 7. The minimum Gasteiger partial charge on any atom is -0.296 e. The van der Waals surface area contributed by atoms with Crippen LogP contribution in [0.25, 0.3) is 0 Å². The lowest BCUT2D eigenvalue weighted by Crippen LogP contribution is -2.33. The van der Waals surface area contributed by atoms with Crippen molar-refractivity contribution in [1.82, 2.24) is 4.90 Å². The van der Waals surface area contributed by atoms with Crippen molar-refractivity contribution in [1.29, 1.82) is 5.26 Å². The third-order valence-electron chi connectivity index (χ3n) is 3.57. The maximum absolute atomic E-state index is 13.9. The van der Waals surface area contributed by atoms with Gasteiger partial charge in [0.1, 0.15) is 5.82 Å². The zero-order chi connectivity index (χ0) is 14.3. The maximum Gasteiger partial charge on any atom is 0.129 e. The lowest BCUT2D eigenvalue weighted by molar-refractivity contribution is 0.190. The maximum atomic E-state index is 13.9. The van der Waals surface area contributed by atoms with Crippen LogP contribution in [0.3, 0.4) is 0 Å². The Morgan fingerprint density at radius 2 is 2.11 bits per heavy atom. The lowest BCUT2D eigenvalue weighted by atomic mass is 10.1. The number of unbranched alkanes of at least 4 members (excludes halogenated alkanes) is 1. The highest BCUT2D eigenvalue weighted by atomic mass is 19.1. The quantitative estimate of drug-likeness (QED) is 0.739. The molecule has 1 aromatic carbocycles. The topological polar surface area (TPSA) is 27.0 Å². The highest BCUT2D eigenvalue weighted by Gasteiger charge is 2.14. The normalized spacial score (nSPS) is 12.4. The Bertz CT molecular complexity index is 437. The number of nitriles is 1. The molecule has 0 heterocycles. The Morgan fingerprint density at radius 1 is 1.37 bits per heavy atom. The van der Waals surface area contributed by atoms with Crippen LogP contribution < -0.4 is 0 Å². The van der Waals surface area contributed by atoms with Crippen LogP contribution in [-0.4, -0.2) is 17.5 Å². The lowest BCUT2D eigenvalue weighted by Gasteiger charge is -2.28. The Balaban J connectivity index is 2.81. The molecule has 0 bridgehead atoms. The molecule has 0 saturated heterocycles. The second-order valence-corrected chi connectivity index (χ2v) is 5.00. The van der Waals surface area contributed by atoms with E-state index >= 15 is 0 Å². The van der Waals surface area contributed by atoms with Gasteiger partial charge in [0.15, 0.2) is 0 Å². The van der Waals surface area contributed by atoms with Gasteiger partial charge in [-0.05, 0) is 38.4 Å². The molecule has 0 amide bonds. The summed E-state index contributed by atoms with van der Waals surface area (Å²) in [7, 11) is 0. The third-order valence-corrected chi connectivity index (χ3v) is 3.57. The minimum atomic E-state index is -0.274. The molecule has 19 heavy (non-hydrogen) atoms. The van der Waals surface area contributed by atoms with Crippen molar-refractivity contribution in [2.24, 2.45) is 0 Å². The molecule has 0 spiro atoms. The molecule has 1 atom stereocenters. The molecule has 104 valence electrons. The molecule has 0 aliphatic carbocycles. The fraction of sp³-hybridized carbons (Fsp3) is 0.562. The highest BCUT2D eigenvalue weighted by Crippen LogP contribution is 2.16. The summed E-state index contributed by atoms with van der Waals surface area (Å²) < 4.78 is 13.9. The molecule has 0 N–H and O–H groups in total. The summed E-state index contributed by atoms with van der Waals surface area (Å²) in [5.74, 6) is -0.274. The van der Waals surface area contributed by atoms with Crippen LogP contribution in [0.15, 0.2) is 18.2 Å². The number of nitrogens with zero attached hydrogens (tertiary/aromatic N) is 2. The summed E-state index contributed by atoms with van der Waals surface area (Å²) >= 11 is 0. The predicted molar refractivity (Wildman–Crippen MR) is 76.2 cm³/mol. The van der Waals surface area contributed by atoms with Gasteiger partial charge in [-0.2, -0.15) is 5.26 Å². The molecule has 0 fully saturated rings. The number of hydrogen-bond donors (Lipinski definition) is 0. The van der Waals surface area contributed by atoms with E-state index in [1.54, 1.807) is 12.1 Å². The predicted octanol–water partition coefficient (Wildman–Crippen LogP) is 4.10. The van der Waals surface area contributed by atoms with Crippen LogP contribution >= 0.6 is 0 Å². The Labute approximate surface area is 115 Å². The van der Waals surface area contributed by atoms with E-state index in [2.05, 4.69) is 25.7 Å². The SMILES string of the molecule is CCCCN(Cc1ccc(C#N)cc1F)C(C)CC. The molecule has 1 rings (SSSR count). The molecule has 0 aliphatic rings. The highest BCUT2D eigenvalue weighted by molar-refractivity contribution is 5.32. The largest absolute Gasteiger partial charge is 0.296 e. The molecule has 2 nitrogen and oxygen atoms in total. The van der Waals surface area contributed by atoms with Gasteiger partial charge < -0.3 is 0 Å². The second kappa shape index (κ2) is 7.91. The first kappa shape index (κ1) is 15.7. The first-order chi connectivity index (χ1) is 9.12. The average molecular weight is 262 g/mol. The van der Waals surface area contributed by atoms with Crippen molar-refractivity contribution in [3.8, 4) is 6.07 Å². The Hall–Kier alpha value is -1.40. The Kier molecular flexibility index (Phi) is 6.52. The number of benzene rings is 1. The van der Waals surface area contributed by atoms with Gasteiger partial charge in [0.2, 0.25) is 0 Å². The Morgan fingerprint density at radius 3 is 2.63 bits per heavy atom. The molecule has 3 heteroatoms. The van der Waals surface area contributed by atoms with Crippen molar-refractivity contribution >= 4 is 0 Å². The molecule has 0 aliphatic heterocycles.